The molecule has 0 aliphatic heterocycles. The molecule has 2 rings (SSSR count). The van der Waals surface area contributed by atoms with E-state index in [9.17, 15) is 10.1 Å². The predicted molar refractivity (Wildman–Crippen MR) is 87.5 cm³/mol. The molecule has 1 aromatic heterocycles. The quantitative estimate of drug-likeness (QED) is 0.611. The Hall–Kier alpha value is -1.31. The number of rotatable bonds is 6. The van der Waals surface area contributed by atoms with E-state index < -0.39 is 0 Å². The first-order valence-corrected chi connectivity index (χ1v) is 8.23. The number of nitrogens with one attached hydrogen (secondary N) is 1. The van der Waals surface area contributed by atoms with E-state index in [4.69, 9.17) is 0 Å². The molecule has 0 fully saturated rings. The summed E-state index contributed by atoms with van der Waals surface area (Å²) >= 11 is 5.00. The van der Waals surface area contributed by atoms with Gasteiger partial charge in [-0.3, -0.25) is 10.1 Å². The van der Waals surface area contributed by atoms with Crippen LogP contribution in [0.4, 0.5) is 5.69 Å². The Morgan fingerprint density at radius 1 is 1.52 bits per heavy atom. The van der Waals surface area contributed by atoms with Gasteiger partial charge in [0.25, 0.3) is 5.69 Å². The molecule has 0 spiro atoms. The molecule has 1 aromatic carbocycles. The molecule has 1 unspecified atom stereocenters. The van der Waals surface area contributed by atoms with E-state index in [1.54, 1.807) is 17.4 Å². The summed E-state index contributed by atoms with van der Waals surface area (Å²) in [6.45, 7) is 4.70. The van der Waals surface area contributed by atoms with Crippen LogP contribution in [0.25, 0.3) is 0 Å². The Balaban J connectivity index is 2.06. The first-order valence-electron chi connectivity index (χ1n) is 6.62. The lowest BCUT2D eigenvalue weighted by Crippen LogP contribution is -2.18. The van der Waals surface area contributed by atoms with Crippen molar-refractivity contribution in [1.82, 2.24) is 10.3 Å². The molecule has 0 aliphatic carbocycles. The summed E-state index contributed by atoms with van der Waals surface area (Å²) in [4.78, 5) is 16.2. The van der Waals surface area contributed by atoms with Gasteiger partial charge in [-0.15, -0.1) is 11.3 Å². The first-order chi connectivity index (χ1) is 10.0. The van der Waals surface area contributed by atoms with Gasteiger partial charge in [0.2, 0.25) is 0 Å². The van der Waals surface area contributed by atoms with Crippen molar-refractivity contribution < 1.29 is 4.92 Å². The molecule has 0 saturated carbocycles. The van der Waals surface area contributed by atoms with Crippen LogP contribution in [-0.2, 0) is 13.0 Å². The summed E-state index contributed by atoms with van der Waals surface area (Å²) < 4.78 is 0.531. The average Bonchev–Trinajstić information content (AvgIpc) is 2.94. The summed E-state index contributed by atoms with van der Waals surface area (Å²) in [6.07, 6.45) is 2.89. The van der Waals surface area contributed by atoms with Crippen LogP contribution in [0, 0.1) is 10.1 Å². The highest BCUT2D eigenvalue weighted by Crippen LogP contribution is 2.29. The maximum atomic E-state index is 10.9. The molecule has 2 aromatic rings. The molecule has 7 heteroatoms. The van der Waals surface area contributed by atoms with Gasteiger partial charge in [0, 0.05) is 23.7 Å². The largest absolute Gasteiger partial charge is 0.304 e. The molecule has 0 amide bonds. The summed E-state index contributed by atoms with van der Waals surface area (Å²) in [5.74, 6) is 0. The van der Waals surface area contributed by atoms with Crippen molar-refractivity contribution in [2.24, 2.45) is 0 Å². The molecule has 1 heterocycles. The van der Waals surface area contributed by atoms with Gasteiger partial charge in [-0.2, -0.15) is 0 Å². The highest BCUT2D eigenvalue weighted by atomic mass is 79.9. The fraction of sp³-hybridized carbons (Fsp3) is 0.357. The highest BCUT2D eigenvalue weighted by molar-refractivity contribution is 9.10. The lowest BCUT2D eigenvalue weighted by atomic mass is 10.2. The standard InChI is InChI=1S/C14H16BrN3O2S/c1-3-11-8-17-14(21-11)9(2)16-7-10-5-4-6-12(13(10)15)18(19)20/h4-6,8-9,16H,3,7H2,1-2H3. The van der Waals surface area contributed by atoms with Gasteiger partial charge in [0.15, 0.2) is 0 Å². The number of hydrogen-bond acceptors (Lipinski definition) is 5. The van der Waals surface area contributed by atoms with Crippen molar-refractivity contribution >= 4 is 33.0 Å². The Morgan fingerprint density at radius 3 is 2.90 bits per heavy atom. The molecule has 21 heavy (non-hydrogen) atoms. The number of halogens is 1. The van der Waals surface area contributed by atoms with Gasteiger partial charge in [-0.05, 0) is 34.8 Å². The summed E-state index contributed by atoms with van der Waals surface area (Å²) in [5.41, 5.74) is 0.952. The van der Waals surface area contributed by atoms with Crippen LogP contribution in [0.3, 0.4) is 0 Å². The van der Waals surface area contributed by atoms with Crippen molar-refractivity contribution in [2.45, 2.75) is 32.9 Å². The minimum atomic E-state index is -0.384. The van der Waals surface area contributed by atoms with Crippen molar-refractivity contribution in [1.29, 1.82) is 0 Å². The molecule has 0 bridgehead atoms. The minimum absolute atomic E-state index is 0.0875. The zero-order chi connectivity index (χ0) is 15.4. The maximum Gasteiger partial charge on any atom is 0.283 e. The molecule has 112 valence electrons. The van der Waals surface area contributed by atoms with Crippen LogP contribution >= 0.6 is 27.3 Å². The smallest absolute Gasteiger partial charge is 0.283 e. The molecule has 5 nitrogen and oxygen atoms in total. The second-order valence-electron chi connectivity index (χ2n) is 4.63. The monoisotopic (exact) mass is 369 g/mol. The maximum absolute atomic E-state index is 10.9. The second kappa shape index (κ2) is 7.11. The van der Waals surface area contributed by atoms with Gasteiger partial charge in [-0.1, -0.05) is 19.1 Å². The number of aryl methyl sites for hydroxylation is 1. The third-order valence-corrected chi connectivity index (χ3v) is 5.38. The van der Waals surface area contributed by atoms with Crippen LogP contribution in [0.5, 0.6) is 0 Å². The fourth-order valence-electron chi connectivity index (χ4n) is 1.88. The van der Waals surface area contributed by atoms with Gasteiger partial charge in [0.05, 0.1) is 15.4 Å². The summed E-state index contributed by atoms with van der Waals surface area (Å²) in [7, 11) is 0. The molecule has 0 radical (unpaired) electrons. The number of nitrogens with zero attached hydrogens (tertiary/aromatic N) is 2. The van der Waals surface area contributed by atoms with E-state index >= 15 is 0 Å². The van der Waals surface area contributed by atoms with Crippen LogP contribution in [0.15, 0.2) is 28.9 Å². The molecular weight excluding hydrogens is 354 g/mol. The zero-order valence-electron chi connectivity index (χ0n) is 11.8. The average molecular weight is 370 g/mol. The van der Waals surface area contributed by atoms with Crippen LogP contribution < -0.4 is 5.32 Å². The van der Waals surface area contributed by atoms with E-state index in [2.05, 4.69) is 33.2 Å². The summed E-state index contributed by atoms with van der Waals surface area (Å²) in [5, 5.41) is 15.3. The second-order valence-corrected chi connectivity index (χ2v) is 6.57. The fourth-order valence-corrected chi connectivity index (χ4v) is 3.31. The van der Waals surface area contributed by atoms with Crippen molar-refractivity contribution in [3.63, 3.8) is 0 Å². The first kappa shape index (κ1) is 16.1. The lowest BCUT2D eigenvalue weighted by Gasteiger charge is -2.12. The minimum Gasteiger partial charge on any atom is -0.304 e. The number of nitro groups is 1. The molecule has 1 atom stereocenters. The predicted octanol–water partition coefficient (Wildman–Crippen LogP) is 4.23. The lowest BCUT2D eigenvalue weighted by molar-refractivity contribution is -0.385. The van der Waals surface area contributed by atoms with Crippen LogP contribution in [0.1, 0.15) is 35.3 Å². The molecule has 1 N–H and O–H groups in total. The van der Waals surface area contributed by atoms with Crippen molar-refractivity contribution in [3.05, 3.63) is 54.4 Å². The van der Waals surface area contributed by atoms with E-state index in [0.29, 0.717) is 11.0 Å². The Morgan fingerprint density at radius 2 is 2.29 bits per heavy atom. The van der Waals surface area contributed by atoms with Gasteiger partial charge >= 0.3 is 0 Å². The van der Waals surface area contributed by atoms with E-state index in [1.165, 1.54) is 10.9 Å². The van der Waals surface area contributed by atoms with E-state index in [1.807, 2.05) is 19.2 Å². The zero-order valence-corrected chi connectivity index (χ0v) is 14.2. The number of nitro benzene ring substituents is 1. The van der Waals surface area contributed by atoms with E-state index in [-0.39, 0.29) is 16.7 Å². The number of thiazole rings is 1. The molecule has 0 saturated heterocycles. The highest BCUT2D eigenvalue weighted by Gasteiger charge is 2.16. The van der Waals surface area contributed by atoms with Crippen LogP contribution in [-0.4, -0.2) is 9.91 Å². The van der Waals surface area contributed by atoms with Gasteiger partial charge < -0.3 is 5.32 Å². The van der Waals surface area contributed by atoms with Crippen molar-refractivity contribution in [3.8, 4) is 0 Å². The van der Waals surface area contributed by atoms with Gasteiger partial charge in [-0.25, -0.2) is 4.98 Å². The third-order valence-electron chi connectivity index (χ3n) is 3.14. The SMILES string of the molecule is CCc1cnc(C(C)NCc2cccc([N+](=O)[O-])c2Br)s1. The number of benzene rings is 1. The Bertz CT molecular complexity index is 645. The van der Waals surface area contributed by atoms with Gasteiger partial charge in [0.1, 0.15) is 5.01 Å². The molecule has 0 aliphatic rings. The number of hydrogen-bond donors (Lipinski definition) is 1. The van der Waals surface area contributed by atoms with E-state index in [0.717, 1.165) is 17.0 Å². The number of aromatic nitrogens is 1. The third kappa shape index (κ3) is 3.87. The Kier molecular flexibility index (Phi) is 5.44. The Labute approximate surface area is 135 Å². The molecular formula is C14H16BrN3O2S. The van der Waals surface area contributed by atoms with Crippen LogP contribution in [0.2, 0.25) is 0 Å². The van der Waals surface area contributed by atoms with Crippen molar-refractivity contribution in [2.75, 3.05) is 0 Å². The summed E-state index contributed by atoms with van der Waals surface area (Å²) in [6, 6.07) is 5.17. The normalized spacial score (nSPS) is 12.3. The topological polar surface area (TPSA) is 68.1 Å².